The van der Waals surface area contributed by atoms with E-state index in [2.05, 4.69) is 28.1 Å². The van der Waals surface area contributed by atoms with Crippen LogP contribution in [0.15, 0.2) is 42.5 Å². The van der Waals surface area contributed by atoms with Gasteiger partial charge in [0.15, 0.2) is 11.5 Å². The van der Waals surface area contributed by atoms with Crippen molar-refractivity contribution in [1.82, 2.24) is 9.80 Å². The highest BCUT2D eigenvalue weighted by Crippen LogP contribution is 2.33. The summed E-state index contributed by atoms with van der Waals surface area (Å²) < 4.78 is 5.22. The molecule has 1 aliphatic heterocycles. The number of methoxy groups -OCH3 is 1. The van der Waals surface area contributed by atoms with E-state index in [9.17, 15) is 9.90 Å². The number of phenolic OH excluding ortho intramolecular Hbond substituents is 1. The normalized spacial score (nSPS) is 16.8. The number of nitrogens with zero attached hydrogens (tertiary/aromatic N) is 3. The lowest BCUT2D eigenvalue weighted by molar-refractivity contribution is 0.206. The lowest BCUT2D eigenvalue weighted by Gasteiger charge is -2.36. The van der Waals surface area contributed by atoms with E-state index in [1.54, 1.807) is 12.1 Å². The number of carbonyl (C=O) groups excluding carboxylic acids is 1. The number of carbonyl (C=O) groups is 1. The average Bonchev–Trinajstić information content (AvgIpc) is 3.64. The maximum absolute atomic E-state index is 13.3. The summed E-state index contributed by atoms with van der Waals surface area (Å²) >= 11 is 0. The standard InChI is InChI=1S/C24H32N4O3/c1-3-26-12-14-27(15-13-26)21-7-5-4-6-20(21)25-24(30)28(19-9-10-19)17-18-8-11-22(29)23(16-18)31-2/h4-8,11,16,19,29H,3,9-10,12-15,17H2,1-2H3,(H,25,30). The lowest BCUT2D eigenvalue weighted by atomic mass is 10.2. The third kappa shape index (κ3) is 5.05. The number of anilines is 2. The van der Waals surface area contributed by atoms with Gasteiger partial charge >= 0.3 is 6.03 Å². The van der Waals surface area contributed by atoms with Gasteiger partial charge in [-0.15, -0.1) is 0 Å². The van der Waals surface area contributed by atoms with Crippen molar-refractivity contribution in [2.45, 2.75) is 32.4 Å². The van der Waals surface area contributed by atoms with Gasteiger partial charge in [0.1, 0.15) is 0 Å². The van der Waals surface area contributed by atoms with Crippen LogP contribution in [0, 0.1) is 0 Å². The molecule has 0 bridgehead atoms. The van der Waals surface area contributed by atoms with Crippen LogP contribution in [0.1, 0.15) is 25.3 Å². The van der Waals surface area contributed by atoms with E-state index in [1.807, 2.05) is 29.2 Å². The number of amides is 2. The molecule has 0 atom stereocenters. The first-order chi connectivity index (χ1) is 15.1. The van der Waals surface area contributed by atoms with E-state index >= 15 is 0 Å². The van der Waals surface area contributed by atoms with Crippen LogP contribution in [0.3, 0.4) is 0 Å². The molecule has 7 heteroatoms. The molecule has 1 saturated heterocycles. The zero-order chi connectivity index (χ0) is 21.8. The molecular weight excluding hydrogens is 392 g/mol. The zero-order valence-electron chi connectivity index (χ0n) is 18.4. The second-order valence-electron chi connectivity index (χ2n) is 8.23. The molecule has 0 unspecified atom stereocenters. The number of hydrogen-bond donors (Lipinski definition) is 2. The number of likely N-dealkylation sites (N-methyl/N-ethyl adjacent to an activating group) is 1. The smallest absolute Gasteiger partial charge is 0.322 e. The molecule has 7 nitrogen and oxygen atoms in total. The van der Waals surface area contributed by atoms with Gasteiger partial charge < -0.3 is 29.9 Å². The summed E-state index contributed by atoms with van der Waals surface area (Å²) in [5.74, 6) is 0.524. The van der Waals surface area contributed by atoms with E-state index in [0.29, 0.717) is 12.3 Å². The fourth-order valence-corrected chi connectivity index (χ4v) is 4.12. The van der Waals surface area contributed by atoms with Crippen LogP contribution < -0.4 is 15.0 Å². The van der Waals surface area contributed by atoms with Crippen molar-refractivity contribution in [2.24, 2.45) is 0 Å². The molecule has 1 saturated carbocycles. The summed E-state index contributed by atoms with van der Waals surface area (Å²) in [6, 6.07) is 13.5. The lowest BCUT2D eigenvalue weighted by Crippen LogP contribution is -2.46. The Morgan fingerprint density at radius 2 is 1.90 bits per heavy atom. The van der Waals surface area contributed by atoms with E-state index in [1.165, 1.54) is 7.11 Å². The number of aromatic hydroxyl groups is 1. The van der Waals surface area contributed by atoms with Gasteiger partial charge in [-0.3, -0.25) is 0 Å². The topological polar surface area (TPSA) is 68.3 Å². The first-order valence-electron chi connectivity index (χ1n) is 11.1. The van der Waals surface area contributed by atoms with Crippen molar-refractivity contribution in [3.05, 3.63) is 48.0 Å². The number of urea groups is 1. The molecule has 2 N–H and O–H groups in total. The number of benzene rings is 2. The highest BCUT2D eigenvalue weighted by molar-refractivity contribution is 5.93. The average molecular weight is 425 g/mol. The van der Waals surface area contributed by atoms with Gasteiger partial charge in [0.05, 0.1) is 18.5 Å². The summed E-state index contributed by atoms with van der Waals surface area (Å²) in [6.07, 6.45) is 2.03. The van der Waals surface area contributed by atoms with Crippen molar-refractivity contribution < 1.29 is 14.6 Å². The van der Waals surface area contributed by atoms with Crippen molar-refractivity contribution in [1.29, 1.82) is 0 Å². The Hall–Kier alpha value is -2.93. The molecule has 1 aliphatic carbocycles. The number of phenols is 1. The van der Waals surface area contributed by atoms with E-state index in [-0.39, 0.29) is 17.8 Å². The Morgan fingerprint density at radius 3 is 2.58 bits per heavy atom. The second kappa shape index (κ2) is 9.47. The van der Waals surface area contributed by atoms with Gasteiger partial charge in [0, 0.05) is 38.8 Å². The first-order valence-corrected chi connectivity index (χ1v) is 11.1. The second-order valence-corrected chi connectivity index (χ2v) is 8.23. The predicted octanol–water partition coefficient (Wildman–Crippen LogP) is 3.74. The minimum Gasteiger partial charge on any atom is -0.504 e. The highest BCUT2D eigenvalue weighted by Gasteiger charge is 2.33. The number of para-hydroxylation sites is 2. The molecule has 4 rings (SSSR count). The Kier molecular flexibility index (Phi) is 6.51. The Bertz CT molecular complexity index is 907. The van der Waals surface area contributed by atoms with Crippen molar-refractivity contribution in [2.75, 3.05) is 50.1 Å². The Morgan fingerprint density at radius 1 is 1.16 bits per heavy atom. The number of ether oxygens (including phenoxy) is 1. The number of hydrogen-bond acceptors (Lipinski definition) is 5. The van der Waals surface area contributed by atoms with Gasteiger partial charge in [-0.1, -0.05) is 25.1 Å². The van der Waals surface area contributed by atoms with Crippen LogP contribution in [-0.2, 0) is 6.54 Å². The van der Waals surface area contributed by atoms with Crippen LogP contribution in [0.4, 0.5) is 16.2 Å². The van der Waals surface area contributed by atoms with Crippen molar-refractivity contribution in [3.8, 4) is 11.5 Å². The Balaban J connectivity index is 1.48. The van der Waals surface area contributed by atoms with Crippen LogP contribution in [0.25, 0.3) is 0 Å². The van der Waals surface area contributed by atoms with Gasteiger partial charge in [-0.05, 0) is 49.2 Å². The minimum absolute atomic E-state index is 0.0887. The third-order valence-corrected chi connectivity index (χ3v) is 6.15. The Labute approximate surface area is 184 Å². The van der Waals surface area contributed by atoms with Crippen LogP contribution in [-0.4, -0.2) is 66.8 Å². The maximum atomic E-state index is 13.3. The van der Waals surface area contributed by atoms with E-state index < -0.39 is 0 Å². The van der Waals surface area contributed by atoms with Crippen molar-refractivity contribution in [3.63, 3.8) is 0 Å². The minimum atomic E-state index is -0.0887. The maximum Gasteiger partial charge on any atom is 0.322 e. The van der Waals surface area contributed by atoms with Gasteiger partial charge in [0.25, 0.3) is 0 Å². The number of rotatable bonds is 7. The molecule has 2 aliphatic rings. The predicted molar refractivity (Wildman–Crippen MR) is 123 cm³/mol. The molecule has 2 fully saturated rings. The fourth-order valence-electron chi connectivity index (χ4n) is 4.12. The largest absolute Gasteiger partial charge is 0.504 e. The summed E-state index contributed by atoms with van der Waals surface area (Å²) in [5.41, 5.74) is 2.86. The molecule has 0 spiro atoms. The summed E-state index contributed by atoms with van der Waals surface area (Å²) in [5, 5.41) is 13.0. The molecule has 0 aromatic heterocycles. The first kappa shape index (κ1) is 21.3. The van der Waals surface area contributed by atoms with Gasteiger partial charge in [-0.25, -0.2) is 4.79 Å². The fraction of sp³-hybridized carbons (Fsp3) is 0.458. The molecule has 166 valence electrons. The molecule has 0 radical (unpaired) electrons. The van der Waals surface area contributed by atoms with Crippen LogP contribution in [0.2, 0.25) is 0 Å². The summed E-state index contributed by atoms with van der Waals surface area (Å²) in [4.78, 5) is 19.9. The molecule has 2 aromatic rings. The molecular formula is C24H32N4O3. The molecule has 2 aromatic carbocycles. The SMILES string of the molecule is CCN1CCN(c2ccccc2NC(=O)N(Cc2ccc(O)c(OC)c2)C2CC2)CC1. The van der Waals surface area contributed by atoms with Crippen LogP contribution in [0.5, 0.6) is 11.5 Å². The third-order valence-electron chi connectivity index (χ3n) is 6.15. The van der Waals surface area contributed by atoms with Gasteiger partial charge in [-0.2, -0.15) is 0 Å². The highest BCUT2D eigenvalue weighted by atomic mass is 16.5. The quantitative estimate of drug-likeness (QED) is 0.709. The van der Waals surface area contributed by atoms with E-state index in [0.717, 1.165) is 62.5 Å². The molecule has 1 heterocycles. The van der Waals surface area contributed by atoms with Gasteiger partial charge in [0.2, 0.25) is 0 Å². The molecule has 31 heavy (non-hydrogen) atoms. The van der Waals surface area contributed by atoms with Crippen molar-refractivity contribution >= 4 is 17.4 Å². The van der Waals surface area contributed by atoms with Crippen LogP contribution >= 0.6 is 0 Å². The number of nitrogens with one attached hydrogen (secondary N) is 1. The monoisotopic (exact) mass is 424 g/mol. The number of piperazine rings is 1. The summed E-state index contributed by atoms with van der Waals surface area (Å²) in [7, 11) is 1.53. The molecule has 2 amide bonds. The summed E-state index contributed by atoms with van der Waals surface area (Å²) in [6.45, 7) is 7.74. The zero-order valence-corrected chi connectivity index (χ0v) is 18.4. The van der Waals surface area contributed by atoms with E-state index in [4.69, 9.17) is 4.74 Å².